The molecule has 0 aliphatic heterocycles. The molecule has 166 valence electrons. The first-order valence-electron chi connectivity index (χ1n) is 9.41. The molecular weight excluding hydrogens is 518 g/mol. The number of nitrogens with zero attached hydrogens (tertiary/aromatic N) is 2. The quantitative estimate of drug-likeness (QED) is 0.315. The Morgan fingerprint density at radius 3 is 2.10 bits per heavy atom. The molecule has 0 unspecified atom stereocenters. The van der Waals surface area contributed by atoms with Crippen LogP contribution in [0.1, 0.15) is 30.5 Å². The fourth-order valence-corrected chi connectivity index (χ4v) is 3.93. The Hall–Kier alpha value is -1.72. The zero-order valence-electron chi connectivity index (χ0n) is 17.9. The highest BCUT2D eigenvalue weighted by Gasteiger charge is 2.22. The molecule has 9 heteroatoms. The number of aliphatic imine (C=N–C) groups is 1. The molecule has 2 aromatic carbocycles. The van der Waals surface area contributed by atoms with E-state index in [9.17, 15) is 12.8 Å². The summed E-state index contributed by atoms with van der Waals surface area (Å²) in [5, 5.41) is 6.30. The van der Waals surface area contributed by atoms with Crippen LogP contribution < -0.4 is 10.6 Å². The summed E-state index contributed by atoms with van der Waals surface area (Å²) in [6.45, 7) is 6.31. The molecule has 0 heterocycles. The smallest absolute Gasteiger partial charge is 0.243 e. The van der Waals surface area contributed by atoms with E-state index in [1.807, 2.05) is 19.9 Å². The monoisotopic (exact) mass is 548 g/mol. The lowest BCUT2D eigenvalue weighted by molar-refractivity contribution is 0.410. The minimum atomic E-state index is -3.49. The molecule has 0 fully saturated rings. The van der Waals surface area contributed by atoms with Crippen LogP contribution in [0.5, 0.6) is 0 Å². The first-order chi connectivity index (χ1) is 13.6. The lowest BCUT2D eigenvalue weighted by atomic mass is 10.1. The molecule has 2 rings (SSSR count). The van der Waals surface area contributed by atoms with Crippen molar-refractivity contribution in [1.82, 2.24) is 14.9 Å². The number of halogens is 2. The number of rotatable bonds is 7. The van der Waals surface area contributed by atoms with Gasteiger partial charge in [0.25, 0.3) is 0 Å². The van der Waals surface area contributed by atoms with Gasteiger partial charge in [0.15, 0.2) is 5.96 Å². The van der Waals surface area contributed by atoms with E-state index in [-0.39, 0.29) is 40.7 Å². The van der Waals surface area contributed by atoms with Crippen LogP contribution in [-0.4, -0.2) is 38.8 Å². The normalized spacial score (nSPS) is 12.1. The third-order valence-electron chi connectivity index (χ3n) is 4.71. The fourth-order valence-electron chi connectivity index (χ4n) is 2.56. The van der Waals surface area contributed by atoms with Gasteiger partial charge in [-0.1, -0.05) is 24.3 Å². The van der Waals surface area contributed by atoms with Gasteiger partial charge in [0.05, 0.1) is 4.90 Å². The Kier molecular flexibility index (Phi) is 10.2. The van der Waals surface area contributed by atoms with Crippen LogP contribution in [0.15, 0.2) is 52.4 Å². The third kappa shape index (κ3) is 6.92. The van der Waals surface area contributed by atoms with E-state index in [0.717, 1.165) is 11.1 Å². The molecule has 0 amide bonds. The standard InChI is InChI=1S/C21H29FN4O2S.HI/c1-15(2)26(5)29(27,28)19-10-8-17(9-11-19)13-24-21(23-4)25-14-18-7-6-16(3)20(22)12-18;/h6-12,15H,13-14H2,1-5H3,(H2,23,24,25);1H. The highest BCUT2D eigenvalue weighted by Crippen LogP contribution is 2.17. The first-order valence-corrected chi connectivity index (χ1v) is 10.9. The van der Waals surface area contributed by atoms with Gasteiger partial charge < -0.3 is 10.6 Å². The van der Waals surface area contributed by atoms with Crippen molar-refractivity contribution >= 4 is 40.0 Å². The van der Waals surface area contributed by atoms with E-state index in [2.05, 4.69) is 15.6 Å². The maximum atomic E-state index is 13.6. The van der Waals surface area contributed by atoms with Crippen molar-refractivity contribution in [3.63, 3.8) is 0 Å². The summed E-state index contributed by atoms with van der Waals surface area (Å²) in [6.07, 6.45) is 0. The Morgan fingerprint density at radius 1 is 1.07 bits per heavy atom. The lowest BCUT2D eigenvalue weighted by Crippen LogP contribution is -2.36. The van der Waals surface area contributed by atoms with Crippen molar-refractivity contribution in [3.05, 3.63) is 65.0 Å². The molecule has 0 aromatic heterocycles. The molecule has 0 radical (unpaired) electrons. The minimum Gasteiger partial charge on any atom is -0.352 e. The molecule has 0 aliphatic carbocycles. The van der Waals surface area contributed by atoms with Gasteiger partial charge in [-0.3, -0.25) is 4.99 Å². The highest BCUT2D eigenvalue weighted by molar-refractivity contribution is 14.0. The van der Waals surface area contributed by atoms with Gasteiger partial charge in [0.2, 0.25) is 10.0 Å². The number of aryl methyl sites for hydroxylation is 1. The van der Waals surface area contributed by atoms with E-state index >= 15 is 0 Å². The van der Waals surface area contributed by atoms with E-state index in [1.165, 1.54) is 10.4 Å². The van der Waals surface area contributed by atoms with E-state index < -0.39 is 10.0 Å². The molecule has 0 atom stereocenters. The topological polar surface area (TPSA) is 73.8 Å². The van der Waals surface area contributed by atoms with Crippen molar-refractivity contribution in [2.75, 3.05) is 14.1 Å². The lowest BCUT2D eigenvalue weighted by Gasteiger charge is -2.21. The molecule has 0 bridgehead atoms. The van der Waals surface area contributed by atoms with Gasteiger partial charge in [-0.25, -0.2) is 12.8 Å². The summed E-state index contributed by atoms with van der Waals surface area (Å²) in [5.41, 5.74) is 2.35. The second-order valence-electron chi connectivity index (χ2n) is 7.12. The SMILES string of the molecule is CN=C(NCc1ccc(S(=O)(=O)N(C)C(C)C)cc1)NCc1ccc(C)c(F)c1.I. The number of sulfonamides is 1. The zero-order valence-corrected chi connectivity index (χ0v) is 21.1. The molecule has 0 saturated heterocycles. The molecule has 30 heavy (non-hydrogen) atoms. The largest absolute Gasteiger partial charge is 0.352 e. The predicted molar refractivity (Wildman–Crippen MR) is 130 cm³/mol. The van der Waals surface area contributed by atoms with Crippen molar-refractivity contribution in [2.24, 2.45) is 4.99 Å². The third-order valence-corrected chi connectivity index (χ3v) is 6.76. The number of nitrogens with one attached hydrogen (secondary N) is 2. The van der Waals surface area contributed by atoms with E-state index in [4.69, 9.17) is 0 Å². The summed E-state index contributed by atoms with van der Waals surface area (Å²) < 4.78 is 40.0. The van der Waals surface area contributed by atoms with Crippen molar-refractivity contribution < 1.29 is 12.8 Å². The molecule has 0 saturated carbocycles. The molecule has 6 nitrogen and oxygen atoms in total. The highest BCUT2D eigenvalue weighted by atomic mass is 127. The average molecular weight is 548 g/mol. The summed E-state index contributed by atoms with van der Waals surface area (Å²) in [5.74, 6) is 0.340. The predicted octanol–water partition coefficient (Wildman–Crippen LogP) is 3.65. The molecule has 2 aromatic rings. The van der Waals surface area contributed by atoms with Gasteiger partial charge in [-0.2, -0.15) is 4.31 Å². The van der Waals surface area contributed by atoms with Crippen molar-refractivity contribution in [2.45, 2.75) is 44.8 Å². The summed E-state index contributed by atoms with van der Waals surface area (Å²) in [7, 11) is -0.261. The Morgan fingerprint density at radius 2 is 1.60 bits per heavy atom. The number of hydrogen-bond acceptors (Lipinski definition) is 3. The number of guanidine groups is 1. The Balaban J connectivity index is 0.00000450. The summed E-state index contributed by atoms with van der Waals surface area (Å²) in [4.78, 5) is 4.42. The van der Waals surface area contributed by atoms with Crippen LogP contribution in [-0.2, 0) is 23.1 Å². The molecule has 2 N–H and O–H groups in total. The fraction of sp³-hybridized carbons (Fsp3) is 0.381. The van der Waals surface area contributed by atoms with Crippen LogP contribution in [0.3, 0.4) is 0 Å². The van der Waals surface area contributed by atoms with Gasteiger partial charge in [-0.15, -0.1) is 24.0 Å². The Bertz CT molecular complexity index is 963. The second-order valence-corrected chi connectivity index (χ2v) is 9.12. The maximum Gasteiger partial charge on any atom is 0.243 e. The summed E-state index contributed by atoms with van der Waals surface area (Å²) >= 11 is 0. The summed E-state index contributed by atoms with van der Waals surface area (Å²) in [6, 6.07) is 11.8. The van der Waals surface area contributed by atoms with Crippen LogP contribution in [0.25, 0.3) is 0 Å². The Labute approximate surface area is 196 Å². The van der Waals surface area contributed by atoms with Crippen molar-refractivity contribution in [1.29, 1.82) is 0 Å². The maximum absolute atomic E-state index is 13.6. The van der Waals surface area contributed by atoms with Crippen LogP contribution in [0.4, 0.5) is 4.39 Å². The van der Waals surface area contributed by atoms with E-state index in [0.29, 0.717) is 24.6 Å². The molecule has 0 spiro atoms. The molecule has 0 aliphatic rings. The van der Waals surface area contributed by atoms with Gasteiger partial charge in [-0.05, 0) is 55.7 Å². The zero-order chi connectivity index (χ0) is 21.6. The minimum absolute atomic E-state index is 0. The number of benzene rings is 2. The van der Waals surface area contributed by atoms with Gasteiger partial charge >= 0.3 is 0 Å². The van der Waals surface area contributed by atoms with Crippen LogP contribution >= 0.6 is 24.0 Å². The van der Waals surface area contributed by atoms with Crippen molar-refractivity contribution in [3.8, 4) is 0 Å². The second kappa shape index (κ2) is 11.6. The van der Waals surface area contributed by atoms with Gasteiger partial charge in [0, 0.05) is 33.2 Å². The van der Waals surface area contributed by atoms with Gasteiger partial charge in [0.1, 0.15) is 5.82 Å². The van der Waals surface area contributed by atoms with Crippen LogP contribution in [0.2, 0.25) is 0 Å². The number of hydrogen-bond donors (Lipinski definition) is 2. The van der Waals surface area contributed by atoms with E-state index in [1.54, 1.807) is 51.4 Å². The molecular formula is C21H30FIN4O2S. The van der Waals surface area contributed by atoms with Crippen LogP contribution in [0, 0.1) is 12.7 Å². The first kappa shape index (κ1) is 26.3. The average Bonchev–Trinajstić information content (AvgIpc) is 2.70.